The van der Waals surface area contributed by atoms with Crippen LogP contribution in [0.5, 0.6) is 0 Å². The van der Waals surface area contributed by atoms with Crippen LogP contribution in [0.1, 0.15) is 42.8 Å². The van der Waals surface area contributed by atoms with Crippen LogP contribution in [0.3, 0.4) is 0 Å². The summed E-state index contributed by atoms with van der Waals surface area (Å²) < 4.78 is 0. The molecule has 2 atom stereocenters. The first-order valence-electron chi connectivity index (χ1n) is 11.1. The number of fused-ring (bicyclic) bond motifs is 2. The van der Waals surface area contributed by atoms with Crippen molar-refractivity contribution in [3.05, 3.63) is 51.1 Å². The number of carbonyl (C=O) groups excluding carboxylic acids is 2. The highest BCUT2D eigenvalue weighted by molar-refractivity contribution is 7.13. The molecule has 0 radical (unpaired) electrons. The van der Waals surface area contributed by atoms with E-state index in [1.165, 1.54) is 16.2 Å². The smallest absolute Gasteiger partial charge is 0.280 e. The molecule has 1 saturated heterocycles. The Morgan fingerprint density at radius 2 is 2.03 bits per heavy atom. The van der Waals surface area contributed by atoms with Crippen LogP contribution in [0, 0.1) is 6.92 Å². The fraction of sp³-hybridized carbons (Fsp3) is 0.435. The summed E-state index contributed by atoms with van der Waals surface area (Å²) in [5.74, 6) is -0.321. The highest BCUT2D eigenvalue weighted by atomic mass is 32.1. The van der Waals surface area contributed by atoms with Gasteiger partial charge in [-0.15, -0.1) is 11.3 Å². The number of amides is 2. The third-order valence-electron chi connectivity index (χ3n) is 6.25. The largest absolute Gasteiger partial charge is 0.351 e. The van der Waals surface area contributed by atoms with Crippen molar-refractivity contribution in [3.8, 4) is 0 Å². The van der Waals surface area contributed by atoms with Crippen LogP contribution in [0.25, 0.3) is 10.9 Å². The third-order valence-corrected chi connectivity index (χ3v) is 7.33. The van der Waals surface area contributed by atoms with E-state index in [9.17, 15) is 9.59 Å². The molecular weight excluding hydrogens is 424 g/mol. The summed E-state index contributed by atoms with van der Waals surface area (Å²) in [6, 6.07) is 7.58. The molecule has 4 N–H and O–H groups in total. The van der Waals surface area contributed by atoms with Gasteiger partial charge in [-0.1, -0.05) is 11.6 Å². The van der Waals surface area contributed by atoms with E-state index in [1.807, 2.05) is 25.1 Å². The molecule has 0 saturated carbocycles. The van der Waals surface area contributed by atoms with Crippen LogP contribution < -0.4 is 16.0 Å². The van der Waals surface area contributed by atoms with E-state index in [0.29, 0.717) is 17.2 Å². The molecule has 0 aliphatic carbocycles. The van der Waals surface area contributed by atoms with Gasteiger partial charge in [0.1, 0.15) is 5.69 Å². The highest BCUT2D eigenvalue weighted by Crippen LogP contribution is 2.24. The highest BCUT2D eigenvalue weighted by Gasteiger charge is 2.30. The van der Waals surface area contributed by atoms with Gasteiger partial charge in [-0.3, -0.25) is 9.59 Å². The molecule has 1 aromatic carbocycles. The zero-order valence-electron chi connectivity index (χ0n) is 18.3. The first kappa shape index (κ1) is 21.1. The fourth-order valence-corrected chi connectivity index (χ4v) is 5.55. The molecule has 168 valence electrons. The minimum atomic E-state index is -0.200. The molecular formula is C23H28N6O2S. The normalized spacial score (nSPS) is 21.3. The Balaban J connectivity index is 1.27. The number of benzene rings is 1. The predicted octanol–water partition coefficient (Wildman–Crippen LogP) is 1.81. The van der Waals surface area contributed by atoms with Gasteiger partial charge >= 0.3 is 0 Å². The molecule has 1 fully saturated rings. The number of thiazole rings is 1. The van der Waals surface area contributed by atoms with Gasteiger partial charge in [0.15, 0.2) is 5.01 Å². The Bertz CT molecular complexity index is 1170. The lowest BCUT2D eigenvalue weighted by Crippen LogP contribution is -2.59. The minimum absolute atomic E-state index is 0.150. The van der Waals surface area contributed by atoms with Gasteiger partial charge in [0, 0.05) is 41.8 Å². The summed E-state index contributed by atoms with van der Waals surface area (Å²) in [7, 11) is 2.08. The molecule has 2 amide bonds. The van der Waals surface area contributed by atoms with Crippen LogP contribution in [-0.2, 0) is 13.0 Å². The Labute approximate surface area is 190 Å². The monoisotopic (exact) mass is 452 g/mol. The number of H-pyrrole nitrogens is 1. The van der Waals surface area contributed by atoms with Crippen molar-refractivity contribution in [2.24, 2.45) is 0 Å². The Morgan fingerprint density at radius 3 is 2.91 bits per heavy atom. The SMILES string of the molecule is Cc1ccc2[nH]c(C(=O)N[C@H]3CNCC[C@H]3NC(=O)c3nc4c(s3)CN(C)CC4)cc2c1. The molecule has 5 rings (SSSR count). The van der Waals surface area contributed by atoms with Crippen LogP contribution in [0.15, 0.2) is 24.3 Å². The first-order valence-corrected chi connectivity index (χ1v) is 11.9. The van der Waals surface area contributed by atoms with Crippen molar-refractivity contribution in [1.29, 1.82) is 0 Å². The van der Waals surface area contributed by atoms with Crippen molar-refractivity contribution in [1.82, 2.24) is 30.8 Å². The van der Waals surface area contributed by atoms with Crippen molar-refractivity contribution < 1.29 is 9.59 Å². The van der Waals surface area contributed by atoms with Gasteiger partial charge in [0.05, 0.1) is 17.8 Å². The number of hydrogen-bond acceptors (Lipinski definition) is 6. The molecule has 32 heavy (non-hydrogen) atoms. The van der Waals surface area contributed by atoms with Gasteiger partial charge in [0.2, 0.25) is 0 Å². The number of hydrogen-bond donors (Lipinski definition) is 4. The Kier molecular flexibility index (Phi) is 5.71. The predicted molar refractivity (Wildman–Crippen MR) is 125 cm³/mol. The van der Waals surface area contributed by atoms with Crippen LogP contribution >= 0.6 is 11.3 Å². The lowest BCUT2D eigenvalue weighted by molar-refractivity contribution is 0.0866. The third kappa shape index (κ3) is 4.28. The molecule has 0 bridgehead atoms. The van der Waals surface area contributed by atoms with E-state index >= 15 is 0 Å². The maximum Gasteiger partial charge on any atom is 0.280 e. The van der Waals surface area contributed by atoms with Gasteiger partial charge in [-0.25, -0.2) is 4.98 Å². The summed E-state index contributed by atoms with van der Waals surface area (Å²) in [5.41, 5.74) is 3.66. The van der Waals surface area contributed by atoms with Gasteiger partial charge in [-0.05, 0) is 45.1 Å². The summed E-state index contributed by atoms with van der Waals surface area (Å²) in [5, 5.41) is 11.1. The summed E-state index contributed by atoms with van der Waals surface area (Å²) in [4.78, 5) is 37.1. The second-order valence-electron chi connectivity index (χ2n) is 8.80. The molecule has 0 spiro atoms. The average Bonchev–Trinajstić information content (AvgIpc) is 3.38. The molecule has 2 aliphatic rings. The number of rotatable bonds is 4. The Hall–Kier alpha value is -2.75. The minimum Gasteiger partial charge on any atom is -0.351 e. The topological polar surface area (TPSA) is 102 Å². The van der Waals surface area contributed by atoms with Gasteiger partial charge in [-0.2, -0.15) is 0 Å². The number of aryl methyl sites for hydroxylation is 1. The maximum atomic E-state index is 12.9. The van der Waals surface area contributed by atoms with E-state index in [1.54, 1.807) is 0 Å². The molecule has 9 heteroatoms. The summed E-state index contributed by atoms with van der Waals surface area (Å²) in [6.07, 6.45) is 1.63. The first-order chi connectivity index (χ1) is 15.5. The maximum absolute atomic E-state index is 12.9. The van der Waals surface area contributed by atoms with E-state index in [4.69, 9.17) is 0 Å². The number of nitrogens with one attached hydrogen (secondary N) is 4. The zero-order valence-corrected chi connectivity index (χ0v) is 19.1. The van der Waals surface area contributed by atoms with E-state index < -0.39 is 0 Å². The number of nitrogens with zero attached hydrogens (tertiary/aromatic N) is 2. The number of carbonyl (C=O) groups is 2. The van der Waals surface area contributed by atoms with Crippen LogP contribution in [-0.4, -0.2) is 65.4 Å². The van der Waals surface area contributed by atoms with Crippen LogP contribution in [0.2, 0.25) is 0 Å². The zero-order chi connectivity index (χ0) is 22.2. The van der Waals surface area contributed by atoms with Crippen molar-refractivity contribution in [2.75, 3.05) is 26.7 Å². The lowest BCUT2D eigenvalue weighted by atomic mass is 10.0. The van der Waals surface area contributed by atoms with Gasteiger partial charge < -0.3 is 25.8 Å². The molecule has 0 unspecified atom stereocenters. The second-order valence-corrected chi connectivity index (χ2v) is 9.89. The van der Waals surface area contributed by atoms with Crippen molar-refractivity contribution >= 4 is 34.1 Å². The number of likely N-dealkylation sites (N-methyl/N-ethyl adjacent to an activating group) is 1. The lowest BCUT2D eigenvalue weighted by Gasteiger charge is -2.33. The van der Waals surface area contributed by atoms with Crippen molar-refractivity contribution in [3.63, 3.8) is 0 Å². The molecule has 4 heterocycles. The number of aromatic nitrogens is 2. The molecule has 8 nitrogen and oxygen atoms in total. The molecule has 3 aromatic rings. The average molecular weight is 453 g/mol. The standard InChI is InChI=1S/C23H28N6O2S/c1-13-3-4-15-14(9-13)10-18(25-15)21(30)27-19-11-24-7-5-16(19)26-22(31)23-28-17-6-8-29(2)12-20(17)32-23/h3-4,9-10,16,19,24-25H,5-8,11-12H2,1-2H3,(H,26,31)(H,27,30)/t16-,19+/m1/s1. The van der Waals surface area contributed by atoms with Crippen LogP contribution in [0.4, 0.5) is 0 Å². The molecule has 2 aromatic heterocycles. The number of piperidine rings is 1. The van der Waals surface area contributed by atoms with E-state index in [2.05, 4.69) is 43.9 Å². The van der Waals surface area contributed by atoms with Gasteiger partial charge in [0.25, 0.3) is 11.8 Å². The number of aromatic amines is 1. The Morgan fingerprint density at radius 1 is 1.19 bits per heavy atom. The summed E-state index contributed by atoms with van der Waals surface area (Å²) in [6.45, 7) is 5.24. The fourth-order valence-electron chi connectivity index (χ4n) is 4.45. The van der Waals surface area contributed by atoms with E-state index in [0.717, 1.165) is 54.6 Å². The quantitative estimate of drug-likeness (QED) is 0.484. The summed E-state index contributed by atoms with van der Waals surface area (Å²) >= 11 is 1.48. The molecule has 2 aliphatic heterocycles. The van der Waals surface area contributed by atoms with Crippen molar-refractivity contribution in [2.45, 2.75) is 38.4 Å². The second kappa shape index (κ2) is 8.65. The van der Waals surface area contributed by atoms with E-state index in [-0.39, 0.29) is 23.9 Å².